The van der Waals surface area contributed by atoms with Gasteiger partial charge in [0, 0.05) is 52.5 Å². The van der Waals surface area contributed by atoms with Crippen molar-refractivity contribution in [2.24, 2.45) is 0 Å². The SMILES string of the molecule is [2H]C([2H])([2H])c1cccc(C([2H])([2H])[2H])c1-c1ccc2c(c1)n(-c1[c-]c(Oc3[c-]c4c(cc3)c3ccccc3n4-c3cc(C(C)(C)C)ccn3)ccc1)[c-][n+]2-c1c(C(C)(C)C)cc(C(C)(C)C)cc1C(C)(C)C.[Pt]. The third kappa shape index (κ3) is 8.56. The molecule has 0 spiro atoms. The maximum Gasteiger partial charge on any atom is 0.268 e. The Morgan fingerprint density at radius 3 is 1.89 bits per heavy atom. The molecule has 9 aromatic rings. The van der Waals surface area contributed by atoms with Crippen molar-refractivity contribution in [2.75, 3.05) is 0 Å². The van der Waals surface area contributed by atoms with E-state index in [0.717, 1.165) is 50.0 Å². The molecule has 0 unspecified atom stereocenters. The summed E-state index contributed by atoms with van der Waals surface area (Å²) in [5, 5.41) is 2.10. The van der Waals surface area contributed by atoms with Crippen molar-refractivity contribution in [3.8, 4) is 39.8 Å². The minimum atomic E-state index is -2.58. The minimum absolute atomic E-state index is 0. The number of benzene rings is 6. The van der Waals surface area contributed by atoms with E-state index >= 15 is 0 Å². The molecule has 0 atom stereocenters. The largest absolute Gasteiger partial charge is 0.510 e. The molecule has 0 fully saturated rings. The maximum absolute atomic E-state index is 8.53. The summed E-state index contributed by atoms with van der Waals surface area (Å²) in [7, 11) is 0. The summed E-state index contributed by atoms with van der Waals surface area (Å²) < 4.78 is 64.0. The zero-order valence-corrected chi connectivity index (χ0v) is 42.3. The first kappa shape index (κ1) is 39.4. The third-order valence-corrected chi connectivity index (χ3v) is 12.4. The Hall–Kier alpha value is -5.77. The average Bonchev–Trinajstić information content (AvgIpc) is 3.82. The molecule has 0 radical (unpaired) electrons. The standard InChI is InChI=1S/C60H62N4O.Pt/c1-38-19-17-20-39(2)55(38)40-25-28-51-53(31-40)62(37-63(51)56-48(59(9,10)11)32-42(58(6,7)8)33-49(56)60(12,13)14)43-21-18-22-44(35-43)65-45-26-27-47-46-23-15-16-24-50(46)64(52(47)36-45)54-34-41(29-30-61-54)57(3,4)5;/h15-34H,1-14H3;/q-2;/i1D3,2D3;. The van der Waals surface area contributed by atoms with Crippen LogP contribution in [0.3, 0.4) is 0 Å². The van der Waals surface area contributed by atoms with Crippen molar-refractivity contribution in [3.05, 3.63) is 173 Å². The first-order chi connectivity index (χ1) is 33.0. The summed E-state index contributed by atoms with van der Waals surface area (Å²) in [6.45, 7) is 21.5. The number of pyridine rings is 1. The molecule has 0 aliphatic rings. The summed E-state index contributed by atoms with van der Waals surface area (Å²) in [6, 6.07) is 44.1. The van der Waals surface area contributed by atoms with Gasteiger partial charge in [-0.25, -0.2) is 4.98 Å². The van der Waals surface area contributed by atoms with Crippen LogP contribution in [0.25, 0.3) is 61.2 Å². The quantitative estimate of drug-likeness (QED) is 0.123. The van der Waals surface area contributed by atoms with Crippen LogP contribution in [0.1, 0.15) is 125 Å². The van der Waals surface area contributed by atoms with Crippen LogP contribution in [0, 0.1) is 32.2 Å². The number of aromatic nitrogens is 4. The van der Waals surface area contributed by atoms with Gasteiger partial charge in [-0.3, -0.25) is 4.57 Å². The summed E-state index contributed by atoms with van der Waals surface area (Å²) in [5.41, 5.74) is 9.30. The van der Waals surface area contributed by atoms with Crippen LogP contribution >= 0.6 is 0 Å². The van der Waals surface area contributed by atoms with E-state index < -0.39 is 13.7 Å². The second kappa shape index (κ2) is 16.8. The Morgan fingerprint density at radius 1 is 0.591 bits per heavy atom. The Bertz CT molecular complexity index is 3470. The van der Waals surface area contributed by atoms with Crippen LogP contribution in [0.2, 0.25) is 0 Å². The predicted molar refractivity (Wildman–Crippen MR) is 270 cm³/mol. The maximum atomic E-state index is 8.53. The zero-order valence-electron chi connectivity index (χ0n) is 46.1. The molecule has 0 aliphatic heterocycles. The summed E-state index contributed by atoms with van der Waals surface area (Å²) in [5.74, 6) is 1.71. The van der Waals surface area contributed by atoms with Gasteiger partial charge in [-0.1, -0.05) is 149 Å². The molecule has 5 nitrogen and oxygen atoms in total. The summed E-state index contributed by atoms with van der Waals surface area (Å²) in [4.78, 5) is 4.85. The monoisotopic (exact) mass is 1060 g/mol. The summed E-state index contributed by atoms with van der Waals surface area (Å²) >= 11 is 0. The van der Waals surface area contributed by atoms with Gasteiger partial charge in [-0.15, -0.1) is 29.7 Å². The zero-order chi connectivity index (χ0) is 51.4. The van der Waals surface area contributed by atoms with E-state index in [1.807, 2.05) is 65.4 Å². The Labute approximate surface area is 415 Å². The van der Waals surface area contributed by atoms with E-state index in [2.05, 4.69) is 153 Å². The molecule has 0 amide bonds. The van der Waals surface area contributed by atoms with E-state index in [9.17, 15) is 0 Å². The number of ether oxygens (including phenoxy) is 1. The fourth-order valence-electron chi connectivity index (χ4n) is 8.85. The molecule has 0 aliphatic carbocycles. The Balaban J connectivity index is 0.00000693. The number of aryl methyl sites for hydroxylation is 2. The van der Waals surface area contributed by atoms with Crippen LogP contribution in [0.15, 0.2) is 121 Å². The summed E-state index contributed by atoms with van der Waals surface area (Å²) in [6.07, 6.45) is 5.61. The molecule has 3 aromatic heterocycles. The van der Waals surface area contributed by atoms with Gasteiger partial charge in [0.1, 0.15) is 5.82 Å². The molecule has 6 heteroatoms. The van der Waals surface area contributed by atoms with Crippen LogP contribution in [-0.4, -0.2) is 14.1 Å². The van der Waals surface area contributed by atoms with Crippen molar-refractivity contribution in [3.63, 3.8) is 0 Å². The van der Waals surface area contributed by atoms with E-state index in [-0.39, 0.29) is 59.4 Å². The predicted octanol–water partition coefficient (Wildman–Crippen LogP) is 15.1. The smallest absolute Gasteiger partial charge is 0.268 e. The molecule has 66 heavy (non-hydrogen) atoms. The van der Waals surface area contributed by atoms with Gasteiger partial charge in [-0.05, 0) is 115 Å². The second-order valence-corrected chi connectivity index (χ2v) is 21.5. The van der Waals surface area contributed by atoms with Gasteiger partial charge >= 0.3 is 0 Å². The van der Waals surface area contributed by atoms with Crippen LogP contribution in [0.4, 0.5) is 0 Å². The van der Waals surface area contributed by atoms with Crippen molar-refractivity contribution in [1.82, 2.24) is 14.1 Å². The van der Waals surface area contributed by atoms with Crippen LogP contribution < -0.4 is 9.30 Å². The van der Waals surface area contributed by atoms with E-state index in [4.69, 9.17) is 17.9 Å². The third-order valence-electron chi connectivity index (χ3n) is 12.4. The number of fused-ring (bicyclic) bond motifs is 4. The van der Waals surface area contributed by atoms with Crippen molar-refractivity contribution >= 4 is 32.8 Å². The average molecular weight is 1060 g/mol. The number of hydrogen-bond acceptors (Lipinski definition) is 2. The number of imidazole rings is 1. The molecule has 9 rings (SSSR count). The van der Waals surface area contributed by atoms with Crippen LogP contribution in [0.5, 0.6) is 11.5 Å². The minimum Gasteiger partial charge on any atom is -0.510 e. The van der Waals surface area contributed by atoms with E-state index in [1.165, 1.54) is 29.3 Å². The molecule has 0 saturated carbocycles. The molecule has 0 bridgehead atoms. The first-order valence-corrected chi connectivity index (χ1v) is 22.5. The van der Waals surface area contributed by atoms with Gasteiger partial charge in [-0.2, -0.15) is 18.2 Å². The van der Waals surface area contributed by atoms with E-state index in [1.54, 1.807) is 0 Å². The molecule has 6 aromatic carbocycles. The van der Waals surface area contributed by atoms with Gasteiger partial charge < -0.3 is 13.9 Å². The Kier molecular flexibility index (Phi) is 10.0. The number of rotatable bonds is 6. The molecule has 3 heterocycles. The van der Waals surface area contributed by atoms with Gasteiger partial charge in [0.05, 0.1) is 16.7 Å². The van der Waals surface area contributed by atoms with Crippen molar-refractivity contribution < 1.29 is 38.6 Å². The fourth-order valence-corrected chi connectivity index (χ4v) is 8.85. The molecule has 340 valence electrons. The molecule has 0 N–H and O–H groups in total. The molecular weight excluding hydrogens is 988 g/mol. The van der Waals surface area contributed by atoms with Gasteiger partial charge in [0.15, 0.2) is 0 Å². The first-order valence-electron chi connectivity index (χ1n) is 25.5. The van der Waals surface area contributed by atoms with Gasteiger partial charge in [0.2, 0.25) is 0 Å². The van der Waals surface area contributed by atoms with Crippen molar-refractivity contribution in [1.29, 1.82) is 0 Å². The van der Waals surface area contributed by atoms with Crippen LogP contribution in [-0.2, 0) is 42.7 Å². The second-order valence-electron chi connectivity index (χ2n) is 21.5. The number of para-hydroxylation sites is 1. The number of nitrogens with zero attached hydrogens (tertiary/aromatic N) is 4. The fraction of sp³-hybridized carbons (Fsp3) is 0.300. The number of hydrogen-bond donors (Lipinski definition) is 0. The van der Waals surface area contributed by atoms with Gasteiger partial charge in [0.25, 0.3) is 6.33 Å². The molecular formula is C60H62N4OPt-2. The topological polar surface area (TPSA) is 35.9 Å². The van der Waals surface area contributed by atoms with Crippen molar-refractivity contribution in [2.45, 2.75) is 118 Å². The van der Waals surface area contributed by atoms with E-state index in [0.29, 0.717) is 28.3 Å². The normalized spacial score (nSPS) is 14.3. The Morgan fingerprint density at radius 2 is 1.24 bits per heavy atom. The molecule has 0 saturated heterocycles.